The van der Waals surface area contributed by atoms with Crippen LogP contribution in [0.2, 0.25) is 0 Å². The van der Waals surface area contributed by atoms with Crippen molar-refractivity contribution in [3.8, 4) is 0 Å². The van der Waals surface area contributed by atoms with Crippen LogP contribution in [-0.2, 0) is 18.4 Å². The number of aliphatic hydroxyl groups is 1. The van der Waals surface area contributed by atoms with Gasteiger partial charge in [0, 0.05) is 6.42 Å². The van der Waals surface area contributed by atoms with E-state index in [4.69, 9.17) is 9.05 Å². The number of unbranched alkanes of at least 4 members (excludes halogenated alkanes) is 15. The molecule has 0 saturated carbocycles. The number of amides is 1. The zero-order valence-corrected chi connectivity index (χ0v) is 33.1. The average Bonchev–Trinajstić information content (AvgIpc) is 3.04. The molecule has 0 spiro atoms. The number of hydrogen-bond acceptors (Lipinski definition) is 5. The number of nitrogens with zero attached hydrogens (tertiary/aromatic N) is 1. The number of phosphoric acid groups is 1. The van der Waals surface area contributed by atoms with Gasteiger partial charge in [-0.2, -0.15) is 0 Å². The van der Waals surface area contributed by atoms with Gasteiger partial charge in [0.05, 0.1) is 39.9 Å². The molecule has 0 heterocycles. The normalized spacial score (nSPS) is 15.2. The second-order valence-corrected chi connectivity index (χ2v) is 15.7. The minimum absolute atomic E-state index is 0.0515. The molecule has 9 heteroatoms. The van der Waals surface area contributed by atoms with Gasteiger partial charge in [-0.05, 0) is 64.2 Å². The van der Waals surface area contributed by atoms with Crippen LogP contribution in [0.5, 0.6) is 0 Å². The van der Waals surface area contributed by atoms with Crippen molar-refractivity contribution in [3.05, 3.63) is 48.6 Å². The lowest BCUT2D eigenvalue weighted by atomic mass is 10.1. The lowest BCUT2D eigenvalue weighted by Gasteiger charge is -2.25. The molecule has 0 rings (SSSR count). The maximum Gasteiger partial charge on any atom is 0.472 e. The van der Waals surface area contributed by atoms with E-state index in [0.717, 1.165) is 64.2 Å². The van der Waals surface area contributed by atoms with Crippen LogP contribution in [0.25, 0.3) is 0 Å². The Morgan fingerprint density at radius 2 is 1.18 bits per heavy atom. The topological polar surface area (TPSA) is 105 Å². The van der Waals surface area contributed by atoms with E-state index in [1.165, 1.54) is 64.2 Å². The Kier molecular flexibility index (Phi) is 31.4. The van der Waals surface area contributed by atoms with Crippen LogP contribution in [0, 0.1) is 0 Å². The summed E-state index contributed by atoms with van der Waals surface area (Å²) in [4.78, 5) is 23.0. The van der Waals surface area contributed by atoms with Crippen LogP contribution in [0.15, 0.2) is 48.6 Å². The third-order valence-electron chi connectivity index (χ3n) is 8.27. The third-order valence-corrected chi connectivity index (χ3v) is 9.26. The number of likely N-dealkylation sites (N-methyl/N-ethyl adjacent to an activating group) is 1. The predicted octanol–water partition coefficient (Wildman–Crippen LogP) is 10.1. The van der Waals surface area contributed by atoms with E-state index in [0.29, 0.717) is 17.4 Å². The Morgan fingerprint density at radius 3 is 1.80 bits per heavy atom. The molecule has 0 saturated heterocycles. The summed E-state index contributed by atoms with van der Waals surface area (Å²) in [6.07, 6.45) is 38.9. The van der Waals surface area contributed by atoms with Gasteiger partial charge >= 0.3 is 7.82 Å². The second kappa shape index (κ2) is 32.4. The van der Waals surface area contributed by atoms with Crippen LogP contribution in [0.1, 0.15) is 149 Å². The third kappa shape index (κ3) is 34.7. The zero-order valence-electron chi connectivity index (χ0n) is 32.2. The summed E-state index contributed by atoms with van der Waals surface area (Å²) < 4.78 is 23.4. The van der Waals surface area contributed by atoms with Crippen molar-refractivity contribution >= 4 is 13.7 Å². The number of quaternary nitrogens is 1. The van der Waals surface area contributed by atoms with Gasteiger partial charge in [0.15, 0.2) is 0 Å². The Bertz CT molecular complexity index is 944. The minimum Gasteiger partial charge on any atom is -0.387 e. The smallest absolute Gasteiger partial charge is 0.387 e. The molecule has 0 aromatic carbocycles. The molecule has 0 aliphatic rings. The zero-order chi connectivity index (χ0) is 36.5. The SMILES string of the molecule is CCCCC/C=C\C/C=C\CCCCCCCC(=O)NC(COP(=O)(O)OCC[N+](C)(C)C)C(O)/C=C/CC/C=C/CCCCCCCC. The molecule has 0 aromatic rings. The first-order valence-corrected chi connectivity index (χ1v) is 21.0. The van der Waals surface area contributed by atoms with Crippen molar-refractivity contribution in [3.63, 3.8) is 0 Å². The Hall–Kier alpha value is -1.54. The number of carbonyl (C=O) groups excluding carboxylic acids is 1. The summed E-state index contributed by atoms with van der Waals surface area (Å²) in [7, 11) is 1.53. The van der Waals surface area contributed by atoms with Crippen molar-refractivity contribution in [1.29, 1.82) is 0 Å². The Balaban J connectivity index is 4.60. The van der Waals surface area contributed by atoms with E-state index in [2.05, 4.69) is 55.6 Å². The molecule has 3 N–H and O–H groups in total. The molecule has 286 valence electrons. The fourth-order valence-corrected chi connectivity index (χ4v) is 5.82. The van der Waals surface area contributed by atoms with Gasteiger partial charge in [0.25, 0.3) is 0 Å². The van der Waals surface area contributed by atoms with E-state index >= 15 is 0 Å². The molecule has 0 fully saturated rings. The number of allylic oxidation sites excluding steroid dienone is 7. The summed E-state index contributed by atoms with van der Waals surface area (Å²) in [5.74, 6) is -0.205. The summed E-state index contributed by atoms with van der Waals surface area (Å²) in [5, 5.41) is 13.7. The fraction of sp³-hybridized carbons (Fsp3) is 0.775. The lowest BCUT2D eigenvalue weighted by molar-refractivity contribution is -0.870. The van der Waals surface area contributed by atoms with Crippen LogP contribution in [-0.4, -0.2) is 73.4 Å². The lowest BCUT2D eigenvalue weighted by Crippen LogP contribution is -2.45. The van der Waals surface area contributed by atoms with E-state index in [1.54, 1.807) is 6.08 Å². The van der Waals surface area contributed by atoms with Crippen molar-refractivity contribution in [2.24, 2.45) is 0 Å². The first-order chi connectivity index (χ1) is 23.5. The molecule has 0 bridgehead atoms. The summed E-state index contributed by atoms with van der Waals surface area (Å²) in [6.45, 7) is 4.71. The molecule has 3 unspecified atom stereocenters. The molecule has 1 amide bonds. The molecule has 0 aromatic heterocycles. The largest absolute Gasteiger partial charge is 0.472 e. The molecule has 0 radical (unpaired) electrons. The number of aliphatic hydroxyl groups excluding tert-OH is 1. The van der Waals surface area contributed by atoms with E-state index < -0.39 is 20.0 Å². The second-order valence-electron chi connectivity index (χ2n) is 14.3. The highest BCUT2D eigenvalue weighted by Crippen LogP contribution is 2.43. The Morgan fingerprint density at radius 1 is 0.694 bits per heavy atom. The van der Waals surface area contributed by atoms with Gasteiger partial charge in [-0.25, -0.2) is 4.57 Å². The number of carbonyl (C=O) groups is 1. The highest BCUT2D eigenvalue weighted by molar-refractivity contribution is 7.47. The predicted molar refractivity (Wildman–Crippen MR) is 207 cm³/mol. The molecular formula is C40H76N2O6P+. The average molecular weight is 712 g/mol. The molecule has 8 nitrogen and oxygen atoms in total. The highest BCUT2D eigenvalue weighted by Gasteiger charge is 2.27. The van der Waals surface area contributed by atoms with Crippen molar-refractivity contribution < 1.29 is 32.9 Å². The molecule has 3 atom stereocenters. The van der Waals surface area contributed by atoms with E-state index in [1.807, 2.05) is 27.2 Å². The molecule has 0 aliphatic carbocycles. The summed E-state index contributed by atoms with van der Waals surface area (Å²) in [5.41, 5.74) is 0. The standard InChI is InChI=1S/C40H75N2O6P/c1-6-8-10-12-14-16-18-20-21-22-24-26-28-30-32-34-40(44)41-38(37-48-49(45,46)47-36-35-42(3,4)5)39(43)33-31-29-27-25-23-19-17-15-13-11-9-7-2/h14,16,20-21,23,25,31,33,38-39,43H,6-13,15,17-19,22,24,26-30,32,34-37H2,1-5H3,(H-,41,44,45,46)/p+1/b16-14-,21-20-,25-23+,33-31+. The first-order valence-electron chi connectivity index (χ1n) is 19.5. The summed E-state index contributed by atoms with van der Waals surface area (Å²) >= 11 is 0. The van der Waals surface area contributed by atoms with Gasteiger partial charge < -0.3 is 19.8 Å². The van der Waals surface area contributed by atoms with Gasteiger partial charge in [0.2, 0.25) is 5.91 Å². The van der Waals surface area contributed by atoms with Crippen LogP contribution >= 0.6 is 7.82 Å². The van der Waals surface area contributed by atoms with Crippen LogP contribution < -0.4 is 5.32 Å². The van der Waals surface area contributed by atoms with Crippen molar-refractivity contribution in [2.45, 2.75) is 161 Å². The maximum atomic E-state index is 12.8. The number of nitrogens with one attached hydrogen (secondary N) is 1. The molecule has 49 heavy (non-hydrogen) atoms. The minimum atomic E-state index is -4.34. The van der Waals surface area contributed by atoms with Crippen molar-refractivity contribution in [1.82, 2.24) is 5.32 Å². The number of phosphoric ester groups is 1. The van der Waals surface area contributed by atoms with E-state index in [9.17, 15) is 19.4 Å². The van der Waals surface area contributed by atoms with Crippen LogP contribution in [0.3, 0.4) is 0 Å². The number of hydrogen-bond donors (Lipinski definition) is 3. The monoisotopic (exact) mass is 712 g/mol. The first kappa shape index (κ1) is 47.5. The summed E-state index contributed by atoms with van der Waals surface area (Å²) in [6, 6.07) is -0.868. The van der Waals surface area contributed by atoms with Crippen LogP contribution in [0.4, 0.5) is 0 Å². The van der Waals surface area contributed by atoms with Gasteiger partial charge in [-0.15, -0.1) is 0 Å². The maximum absolute atomic E-state index is 12.8. The Labute approximate surface area is 301 Å². The fourth-order valence-electron chi connectivity index (χ4n) is 5.08. The highest BCUT2D eigenvalue weighted by atomic mass is 31.2. The molecule has 0 aliphatic heterocycles. The quantitative estimate of drug-likeness (QED) is 0.0266. The van der Waals surface area contributed by atoms with Crippen molar-refractivity contribution in [2.75, 3.05) is 40.9 Å². The number of rotatable bonds is 34. The van der Waals surface area contributed by atoms with Gasteiger partial charge in [-0.3, -0.25) is 13.8 Å². The van der Waals surface area contributed by atoms with E-state index in [-0.39, 0.29) is 19.1 Å². The van der Waals surface area contributed by atoms with Gasteiger partial charge in [-0.1, -0.05) is 127 Å². The van der Waals surface area contributed by atoms with Gasteiger partial charge in [0.1, 0.15) is 13.2 Å². The molecular weight excluding hydrogens is 635 g/mol.